The molecular weight excluding hydrogens is 352 g/mol. The molecule has 0 aliphatic heterocycles. The first-order valence-electron chi connectivity index (χ1n) is 10.9. The fourth-order valence-electron chi connectivity index (χ4n) is 3.62. The van der Waals surface area contributed by atoms with Crippen LogP contribution in [0.5, 0.6) is 0 Å². The molecule has 0 saturated carbocycles. The normalized spacial score (nSPS) is 10.9. The summed E-state index contributed by atoms with van der Waals surface area (Å²) in [7, 11) is 0. The van der Waals surface area contributed by atoms with E-state index >= 15 is 0 Å². The maximum atomic E-state index is 11.0. The van der Waals surface area contributed by atoms with Crippen molar-refractivity contribution in [1.29, 1.82) is 0 Å². The number of nitrogens with zero attached hydrogens (tertiary/aromatic N) is 1. The van der Waals surface area contributed by atoms with Crippen LogP contribution in [0.15, 0.2) is 18.2 Å². The molecule has 158 valence electrons. The Balaban J connectivity index is 0.00000392. The number of unbranched alkanes of at least 4 members (excludes halogenated alkanes) is 12. The second-order valence-corrected chi connectivity index (χ2v) is 7.71. The van der Waals surface area contributed by atoms with Gasteiger partial charge in [0.1, 0.15) is 5.82 Å². The molecule has 0 radical (unpaired) electrons. The average Bonchev–Trinajstić information content (AvgIpc) is 3.07. The summed E-state index contributed by atoms with van der Waals surface area (Å²) in [6.45, 7) is 2.27. The Morgan fingerprint density at radius 3 is 1.96 bits per heavy atom. The fourth-order valence-corrected chi connectivity index (χ4v) is 3.62. The van der Waals surface area contributed by atoms with Gasteiger partial charge in [-0.15, -0.1) is 0 Å². The van der Waals surface area contributed by atoms with Crippen LogP contribution < -0.4 is 0 Å². The number of aromatic carboxylic acids is 1. The number of hydrogen-bond donors (Lipinski definition) is 2. The number of carboxylic acids is 1. The van der Waals surface area contributed by atoms with Gasteiger partial charge in [-0.3, -0.25) is 0 Å². The highest BCUT2D eigenvalue weighted by atomic mass is 16.4. The SMILES string of the molecule is CCCCCCCCCCCCCCCc1nc2ccc(C(=O)O)cc2[nH]1.O. The summed E-state index contributed by atoms with van der Waals surface area (Å²) in [5, 5.41) is 9.05. The van der Waals surface area contributed by atoms with E-state index in [1.165, 1.54) is 77.0 Å². The molecule has 0 aliphatic carbocycles. The van der Waals surface area contributed by atoms with Crippen LogP contribution in [0.4, 0.5) is 0 Å². The second-order valence-electron chi connectivity index (χ2n) is 7.71. The Bertz CT molecular complexity index is 682. The van der Waals surface area contributed by atoms with Gasteiger partial charge in [-0.25, -0.2) is 9.78 Å². The number of nitrogens with one attached hydrogen (secondary N) is 1. The summed E-state index contributed by atoms with van der Waals surface area (Å²) in [6, 6.07) is 5.06. The summed E-state index contributed by atoms with van der Waals surface area (Å²) in [6.07, 6.45) is 18.6. The minimum atomic E-state index is -0.899. The number of aromatic nitrogens is 2. The number of fused-ring (bicyclic) bond motifs is 1. The quantitative estimate of drug-likeness (QED) is 0.361. The van der Waals surface area contributed by atoms with Gasteiger partial charge in [0.05, 0.1) is 16.6 Å². The molecule has 0 spiro atoms. The van der Waals surface area contributed by atoms with Gasteiger partial charge in [0, 0.05) is 6.42 Å². The van der Waals surface area contributed by atoms with Crippen molar-refractivity contribution < 1.29 is 15.4 Å². The first-order valence-corrected chi connectivity index (χ1v) is 10.9. The van der Waals surface area contributed by atoms with E-state index in [9.17, 15) is 4.79 Å². The van der Waals surface area contributed by atoms with Crippen LogP contribution in [0.3, 0.4) is 0 Å². The standard InChI is InChI=1S/C23H36N2O2.H2O/c1-2-3-4-5-6-7-8-9-10-11-12-13-14-15-22-24-20-17-16-19(23(26)27)18-21(20)25-22;/h16-18H,2-15H2,1H3,(H,24,25)(H,26,27);1H2. The molecule has 0 saturated heterocycles. The molecule has 0 fully saturated rings. The largest absolute Gasteiger partial charge is 0.478 e. The van der Waals surface area contributed by atoms with Gasteiger partial charge in [0.15, 0.2) is 0 Å². The Hall–Kier alpha value is -1.88. The molecule has 5 nitrogen and oxygen atoms in total. The molecule has 1 heterocycles. The fraction of sp³-hybridized carbons (Fsp3) is 0.652. The number of imidazole rings is 1. The number of aromatic amines is 1. The van der Waals surface area contributed by atoms with Gasteiger partial charge in [-0.2, -0.15) is 0 Å². The lowest BCUT2D eigenvalue weighted by Gasteiger charge is -2.02. The second kappa shape index (κ2) is 14.2. The summed E-state index contributed by atoms with van der Waals surface area (Å²) < 4.78 is 0. The van der Waals surface area contributed by atoms with E-state index in [1.807, 2.05) is 0 Å². The van der Waals surface area contributed by atoms with Gasteiger partial charge < -0.3 is 15.6 Å². The minimum absolute atomic E-state index is 0. The van der Waals surface area contributed by atoms with E-state index in [1.54, 1.807) is 18.2 Å². The van der Waals surface area contributed by atoms with Gasteiger partial charge in [0.2, 0.25) is 0 Å². The van der Waals surface area contributed by atoms with Crippen molar-refractivity contribution in [1.82, 2.24) is 9.97 Å². The lowest BCUT2D eigenvalue weighted by atomic mass is 10.0. The molecular formula is C23H38N2O3. The Kier molecular flexibility index (Phi) is 12.2. The number of carboxylic acid groups (broad SMARTS) is 1. The number of H-pyrrole nitrogens is 1. The number of hydrogen-bond acceptors (Lipinski definition) is 2. The highest BCUT2D eigenvalue weighted by Crippen LogP contribution is 2.16. The van der Waals surface area contributed by atoms with E-state index in [-0.39, 0.29) is 5.48 Å². The first kappa shape index (κ1) is 24.2. The molecule has 0 aliphatic rings. The highest BCUT2D eigenvalue weighted by Gasteiger charge is 2.07. The third kappa shape index (κ3) is 8.87. The van der Waals surface area contributed by atoms with Crippen LogP contribution in [0.25, 0.3) is 11.0 Å². The molecule has 1 aromatic heterocycles. The van der Waals surface area contributed by atoms with Crippen molar-refractivity contribution in [3.05, 3.63) is 29.6 Å². The van der Waals surface area contributed by atoms with Crippen molar-refractivity contribution in [3.63, 3.8) is 0 Å². The Morgan fingerprint density at radius 2 is 1.43 bits per heavy atom. The molecule has 1 aromatic carbocycles. The van der Waals surface area contributed by atoms with E-state index < -0.39 is 5.97 Å². The van der Waals surface area contributed by atoms with Crippen molar-refractivity contribution in [2.75, 3.05) is 0 Å². The summed E-state index contributed by atoms with van der Waals surface area (Å²) in [4.78, 5) is 18.8. The topological polar surface area (TPSA) is 97.5 Å². The first-order chi connectivity index (χ1) is 13.2. The Labute approximate surface area is 169 Å². The minimum Gasteiger partial charge on any atom is -0.478 e. The van der Waals surface area contributed by atoms with Crippen LogP contribution in [0.1, 0.15) is 107 Å². The van der Waals surface area contributed by atoms with Crippen LogP contribution >= 0.6 is 0 Å². The molecule has 2 aromatic rings. The summed E-state index contributed by atoms with van der Waals surface area (Å²) in [5.41, 5.74) is 1.97. The molecule has 0 unspecified atom stereocenters. The van der Waals surface area contributed by atoms with Crippen molar-refractivity contribution in [2.24, 2.45) is 0 Å². The van der Waals surface area contributed by atoms with Crippen molar-refractivity contribution >= 4 is 17.0 Å². The molecule has 4 N–H and O–H groups in total. The third-order valence-corrected chi connectivity index (χ3v) is 5.30. The highest BCUT2D eigenvalue weighted by molar-refractivity contribution is 5.92. The lowest BCUT2D eigenvalue weighted by molar-refractivity contribution is 0.0697. The average molecular weight is 391 g/mol. The van der Waals surface area contributed by atoms with E-state index in [2.05, 4.69) is 16.9 Å². The van der Waals surface area contributed by atoms with Crippen LogP contribution in [-0.2, 0) is 6.42 Å². The zero-order valence-corrected chi connectivity index (χ0v) is 17.4. The van der Waals surface area contributed by atoms with Gasteiger partial charge in [-0.05, 0) is 24.6 Å². The van der Waals surface area contributed by atoms with Crippen LogP contribution in [0.2, 0.25) is 0 Å². The molecule has 28 heavy (non-hydrogen) atoms. The molecule has 2 rings (SSSR count). The number of benzene rings is 1. The summed E-state index contributed by atoms with van der Waals surface area (Å²) >= 11 is 0. The number of carbonyl (C=O) groups is 1. The predicted molar refractivity (Wildman–Crippen MR) is 116 cm³/mol. The monoisotopic (exact) mass is 390 g/mol. The molecule has 0 atom stereocenters. The number of rotatable bonds is 15. The maximum Gasteiger partial charge on any atom is 0.335 e. The van der Waals surface area contributed by atoms with E-state index in [0.29, 0.717) is 5.56 Å². The van der Waals surface area contributed by atoms with Gasteiger partial charge in [-0.1, -0.05) is 84.0 Å². The van der Waals surface area contributed by atoms with Crippen LogP contribution in [0, 0.1) is 0 Å². The number of aryl methyl sites for hydroxylation is 1. The smallest absolute Gasteiger partial charge is 0.335 e. The molecule has 0 amide bonds. The van der Waals surface area contributed by atoms with E-state index in [0.717, 1.165) is 29.7 Å². The van der Waals surface area contributed by atoms with Gasteiger partial charge >= 0.3 is 5.97 Å². The van der Waals surface area contributed by atoms with Crippen LogP contribution in [-0.4, -0.2) is 26.5 Å². The van der Waals surface area contributed by atoms with Crippen molar-refractivity contribution in [2.45, 2.75) is 96.8 Å². The maximum absolute atomic E-state index is 11.0. The van der Waals surface area contributed by atoms with Gasteiger partial charge in [0.25, 0.3) is 0 Å². The zero-order valence-electron chi connectivity index (χ0n) is 17.4. The summed E-state index contributed by atoms with van der Waals surface area (Å²) in [5.74, 6) is 0.0696. The van der Waals surface area contributed by atoms with E-state index in [4.69, 9.17) is 5.11 Å². The van der Waals surface area contributed by atoms with Crippen molar-refractivity contribution in [3.8, 4) is 0 Å². The molecule has 5 heteroatoms. The zero-order chi connectivity index (χ0) is 19.3. The third-order valence-electron chi connectivity index (χ3n) is 5.30. The lowest BCUT2D eigenvalue weighted by Crippen LogP contribution is -1.94. The Morgan fingerprint density at radius 1 is 0.893 bits per heavy atom. The predicted octanol–water partition coefficient (Wildman–Crippen LogP) is 6.07. The molecule has 0 bridgehead atoms.